The minimum atomic E-state index is -3.88. The highest BCUT2D eigenvalue weighted by Gasteiger charge is 2.40. The molecule has 27 heavy (non-hydrogen) atoms. The van der Waals surface area contributed by atoms with Crippen molar-refractivity contribution in [1.82, 2.24) is 9.29 Å². The van der Waals surface area contributed by atoms with Crippen molar-refractivity contribution < 1.29 is 22.7 Å². The van der Waals surface area contributed by atoms with Crippen molar-refractivity contribution in [2.75, 3.05) is 13.2 Å². The molecule has 1 aliphatic heterocycles. The average Bonchev–Trinajstić information content (AvgIpc) is 3.15. The molecule has 0 saturated carbocycles. The molecule has 0 unspecified atom stereocenters. The van der Waals surface area contributed by atoms with E-state index in [4.69, 9.17) is 4.74 Å². The molecule has 1 aromatic heterocycles. The molecule has 0 saturated heterocycles. The minimum absolute atomic E-state index is 0.0138. The molecule has 0 fully saturated rings. The Balaban J connectivity index is 1.39. The Morgan fingerprint density at radius 2 is 1.81 bits per heavy atom. The summed E-state index contributed by atoms with van der Waals surface area (Å²) in [6, 6.07) is 13.6. The highest BCUT2D eigenvalue weighted by atomic mass is 32.2. The largest absolute Gasteiger partial charge is 0.463 e. The molecule has 1 N–H and O–H groups in total. The lowest BCUT2D eigenvalue weighted by atomic mass is 10.1. The lowest BCUT2D eigenvalue weighted by Gasteiger charge is -2.14. The summed E-state index contributed by atoms with van der Waals surface area (Å²) in [5.41, 5.74) is 1.86. The zero-order chi connectivity index (χ0) is 19.0. The number of para-hydroxylation sites is 1. The van der Waals surface area contributed by atoms with Crippen LogP contribution in [0, 0.1) is 0 Å². The molecule has 0 radical (unpaired) electrons. The van der Waals surface area contributed by atoms with Gasteiger partial charge in [-0.25, -0.2) is 12.7 Å². The third-order valence-electron chi connectivity index (χ3n) is 4.48. The molecule has 2 aromatic carbocycles. The second-order valence-electron chi connectivity index (χ2n) is 6.14. The van der Waals surface area contributed by atoms with Gasteiger partial charge in [-0.2, -0.15) is 0 Å². The van der Waals surface area contributed by atoms with Gasteiger partial charge in [0.05, 0.1) is 18.5 Å². The maximum atomic E-state index is 12.4. The van der Waals surface area contributed by atoms with Crippen LogP contribution in [0.2, 0.25) is 0 Å². The Morgan fingerprint density at radius 1 is 1.07 bits per heavy atom. The van der Waals surface area contributed by atoms with E-state index in [1.807, 2.05) is 24.3 Å². The van der Waals surface area contributed by atoms with Crippen LogP contribution >= 0.6 is 0 Å². The molecule has 4 rings (SSSR count). The van der Waals surface area contributed by atoms with Crippen LogP contribution in [0.25, 0.3) is 10.9 Å². The maximum Gasteiger partial charge on any atom is 0.310 e. The summed E-state index contributed by atoms with van der Waals surface area (Å²) >= 11 is 0. The first-order valence-electron chi connectivity index (χ1n) is 8.35. The third-order valence-corrected chi connectivity index (χ3v) is 6.32. The van der Waals surface area contributed by atoms with Crippen LogP contribution in [0.4, 0.5) is 0 Å². The lowest BCUT2D eigenvalue weighted by Crippen LogP contribution is -2.33. The topological polar surface area (TPSA) is 96.5 Å². The smallest absolute Gasteiger partial charge is 0.310 e. The van der Waals surface area contributed by atoms with Crippen molar-refractivity contribution in [3.8, 4) is 0 Å². The fourth-order valence-corrected chi connectivity index (χ4v) is 4.73. The SMILES string of the molecule is O=C(Cc1c[nH]c2ccccc12)OCCN1C(=O)c2ccccc2S1(=O)=O. The van der Waals surface area contributed by atoms with Crippen molar-refractivity contribution >= 4 is 32.8 Å². The van der Waals surface area contributed by atoms with E-state index in [-0.39, 0.29) is 30.0 Å². The summed E-state index contributed by atoms with van der Waals surface area (Å²) < 4.78 is 30.8. The Kier molecular flexibility index (Phi) is 4.19. The first-order valence-corrected chi connectivity index (χ1v) is 9.79. The van der Waals surface area contributed by atoms with E-state index < -0.39 is 21.9 Å². The molecular formula is C19H16N2O5S. The summed E-state index contributed by atoms with van der Waals surface area (Å²) in [5.74, 6) is -1.08. The number of hydrogen-bond acceptors (Lipinski definition) is 5. The van der Waals surface area contributed by atoms with Gasteiger partial charge in [0.15, 0.2) is 0 Å². The second kappa shape index (κ2) is 6.55. The third kappa shape index (κ3) is 2.97. The number of nitrogens with zero attached hydrogens (tertiary/aromatic N) is 1. The summed E-state index contributed by atoms with van der Waals surface area (Å²) in [6.45, 7) is -0.407. The molecule has 7 nitrogen and oxygen atoms in total. The zero-order valence-electron chi connectivity index (χ0n) is 14.2. The van der Waals surface area contributed by atoms with Crippen molar-refractivity contribution in [1.29, 1.82) is 0 Å². The fraction of sp³-hybridized carbons (Fsp3) is 0.158. The number of rotatable bonds is 5. The van der Waals surface area contributed by atoms with Crippen LogP contribution in [0.1, 0.15) is 15.9 Å². The standard InChI is InChI=1S/C19H16N2O5S/c22-18(11-13-12-20-16-7-3-1-5-14(13)16)26-10-9-21-19(23)15-6-2-4-8-17(15)27(21,24)25/h1-8,12,20H,9-11H2. The number of carbonyl (C=O) groups excluding carboxylic acids is 2. The van der Waals surface area contributed by atoms with Gasteiger partial charge in [0, 0.05) is 17.1 Å². The van der Waals surface area contributed by atoms with E-state index in [0.717, 1.165) is 20.8 Å². The van der Waals surface area contributed by atoms with Gasteiger partial charge in [-0.3, -0.25) is 9.59 Å². The molecule has 1 amide bonds. The molecule has 8 heteroatoms. The van der Waals surface area contributed by atoms with Gasteiger partial charge in [0.25, 0.3) is 15.9 Å². The normalized spacial score (nSPS) is 15.1. The highest BCUT2D eigenvalue weighted by molar-refractivity contribution is 7.90. The van der Waals surface area contributed by atoms with Crippen LogP contribution in [0.3, 0.4) is 0 Å². The molecule has 138 valence electrons. The Hall–Kier alpha value is -3.13. The van der Waals surface area contributed by atoms with Gasteiger partial charge in [-0.05, 0) is 23.8 Å². The van der Waals surface area contributed by atoms with E-state index in [1.165, 1.54) is 12.1 Å². The first kappa shape index (κ1) is 17.3. The predicted octanol–water partition coefficient (Wildman–Crippen LogP) is 2.10. The lowest BCUT2D eigenvalue weighted by molar-refractivity contribution is -0.142. The zero-order valence-corrected chi connectivity index (χ0v) is 15.0. The summed E-state index contributed by atoms with van der Waals surface area (Å²) in [7, 11) is -3.88. The molecule has 0 bridgehead atoms. The van der Waals surface area contributed by atoms with Crippen LogP contribution in [-0.2, 0) is 26.0 Å². The second-order valence-corrected chi connectivity index (χ2v) is 7.97. The number of carbonyl (C=O) groups is 2. The fourth-order valence-electron chi connectivity index (χ4n) is 3.18. The number of esters is 1. The van der Waals surface area contributed by atoms with Crippen LogP contribution < -0.4 is 0 Å². The van der Waals surface area contributed by atoms with E-state index in [2.05, 4.69) is 4.98 Å². The molecule has 0 spiro atoms. The highest BCUT2D eigenvalue weighted by Crippen LogP contribution is 2.29. The summed E-state index contributed by atoms with van der Waals surface area (Å²) in [5, 5.41) is 0.933. The first-order chi connectivity index (χ1) is 13.0. The van der Waals surface area contributed by atoms with Gasteiger partial charge in [-0.1, -0.05) is 30.3 Å². The molecule has 0 aliphatic carbocycles. The average molecular weight is 384 g/mol. The van der Waals surface area contributed by atoms with Crippen molar-refractivity contribution in [3.05, 3.63) is 65.9 Å². The number of aromatic amines is 1. The number of H-pyrrole nitrogens is 1. The molecular weight excluding hydrogens is 368 g/mol. The van der Waals surface area contributed by atoms with Gasteiger partial charge >= 0.3 is 5.97 Å². The molecule has 3 aromatic rings. The number of hydrogen-bond donors (Lipinski definition) is 1. The van der Waals surface area contributed by atoms with Gasteiger partial charge in [-0.15, -0.1) is 0 Å². The molecule has 2 heterocycles. The van der Waals surface area contributed by atoms with Crippen molar-refractivity contribution in [3.63, 3.8) is 0 Å². The van der Waals surface area contributed by atoms with Crippen LogP contribution in [0.5, 0.6) is 0 Å². The molecule has 0 atom stereocenters. The number of amides is 1. The quantitative estimate of drug-likeness (QED) is 0.680. The van der Waals surface area contributed by atoms with E-state index >= 15 is 0 Å². The number of nitrogens with one attached hydrogen (secondary N) is 1. The van der Waals surface area contributed by atoms with Gasteiger partial charge in [0.1, 0.15) is 11.5 Å². The summed E-state index contributed by atoms with van der Waals surface area (Å²) in [4.78, 5) is 27.5. The number of benzene rings is 2. The molecule has 1 aliphatic rings. The number of aromatic nitrogens is 1. The minimum Gasteiger partial charge on any atom is -0.463 e. The van der Waals surface area contributed by atoms with Crippen molar-refractivity contribution in [2.45, 2.75) is 11.3 Å². The number of ether oxygens (including phenoxy) is 1. The van der Waals surface area contributed by atoms with Crippen molar-refractivity contribution in [2.24, 2.45) is 0 Å². The summed E-state index contributed by atoms with van der Waals surface area (Å²) in [6.07, 6.45) is 1.81. The van der Waals surface area contributed by atoms with Crippen LogP contribution in [0.15, 0.2) is 59.6 Å². The van der Waals surface area contributed by atoms with Gasteiger partial charge < -0.3 is 9.72 Å². The van der Waals surface area contributed by atoms with Gasteiger partial charge in [0.2, 0.25) is 0 Å². The monoisotopic (exact) mass is 384 g/mol. The maximum absolute atomic E-state index is 12.4. The Morgan fingerprint density at radius 3 is 2.63 bits per heavy atom. The Bertz CT molecular complexity index is 1150. The number of sulfonamides is 1. The van der Waals surface area contributed by atoms with E-state index in [9.17, 15) is 18.0 Å². The predicted molar refractivity (Wildman–Crippen MR) is 97.6 cm³/mol. The Labute approximate surface area is 155 Å². The number of fused-ring (bicyclic) bond motifs is 2. The van der Waals surface area contributed by atoms with Crippen LogP contribution in [-0.4, -0.2) is 42.7 Å². The van der Waals surface area contributed by atoms with E-state index in [0.29, 0.717) is 0 Å². The van der Waals surface area contributed by atoms with E-state index in [1.54, 1.807) is 18.3 Å².